The molecule has 1 N–H and O–H groups in total. The van der Waals surface area contributed by atoms with Gasteiger partial charge in [-0.05, 0) is 30.7 Å². The molecule has 2 heterocycles. The monoisotopic (exact) mass is 333 g/mol. The molecule has 1 aromatic heterocycles. The molecule has 3 nitrogen and oxygen atoms in total. The SMILES string of the molecule is Fc1ccc(-c2nc(C3CCC(F)(F)C3)nc3c2CNCC3)cc1. The van der Waals surface area contributed by atoms with Crippen LogP contribution in [-0.4, -0.2) is 22.4 Å². The van der Waals surface area contributed by atoms with Crippen molar-refractivity contribution in [2.45, 2.75) is 44.1 Å². The normalized spacial score (nSPS) is 22.4. The molecular formula is C18H18F3N3. The van der Waals surface area contributed by atoms with Crippen molar-refractivity contribution in [2.75, 3.05) is 6.54 Å². The van der Waals surface area contributed by atoms with Crippen molar-refractivity contribution < 1.29 is 13.2 Å². The van der Waals surface area contributed by atoms with Gasteiger partial charge in [0.25, 0.3) is 0 Å². The van der Waals surface area contributed by atoms with E-state index in [0.717, 1.165) is 35.5 Å². The van der Waals surface area contributed by atoms with Crippen LogP contribution in [0.4, 0.5) is 13.2 Å². The zero-order valence-corrected chi connectivity index (χ0v) is 13.2. The van der Waals surface area contributed by atoms with E-state index in [4.69, 9.17) is 0 Å². The summed E-state index contributed by atoms with van der Waals surface area (Å²) in [4.78, 5) is 9.23. The standard InChI is InChI=1S/C18H18F3N3/c19-13-3-1-11(2-4-13)16-14-10-22-8-6-15(14)23-17(24-16)12-5-7-18(20,21)9-12/h1-4,12,22H,5-10H2. The number of nitrogens with one attached hydrogen (secondary N) is 1. The third-order valence-electron chi connectivity index (χ3n) is 4.84. The topological polar surface area (TPSA) is 37.8 Å². The zero-order valence-electron chi connectivity index (χ0n) is 13.2. The Balaban J connectivity index is 1.79. The summed E-state index contributed by atoms with van der Waals surface area (Å²) in [6.07, 6.45) is 0.869. The molecule has 2 aliphatic rings. The lowest BCUT2D eigenvalue weighted by Gasteiger charge is -2.22. The molecule has 0 amide bonds. The first kappa shape index (κ1) is 15.6. The van der Waals surface area contributed by atoms with Gasteiger partial charge in [0, 0.05) is 49.4 Å². The van der Waals surface area contributed by atoms with E-state index in [0.29, 0.717) is 18.8 Å². The number of halogens is 3. The van der Waals surface area contributed by atoms with Crippen molar-refractivity contribution >= 4 is 0 Å². The van der Waals surface area contributed by atoms with Crippen LogP contribution in [0.2, 0.25) is 0 Å². The Kier molecular flexibility index (Phi) is 3.79. The number of benzene rings is 1. The Hall–Kier alpha value is -1.95. The smallest absolute Gasteiger partial charge is 0.248 e. The molecule has 1 unspecified atom stereocenters. The molecule has 1 aliphatic heterocycles. The van der Waals surface area contributed by atoms with Gasteiger partial charge in [0.15, 0.2) is 0 Å². The summed E-state index contributed by atoms with van der Waals surface area (Å²) < 4.78 is 40.4. The van der Waals surface area contributed by atoms with E-state index in [2.05, 4.69) is 15.3 Å². The molecule has 24 heavy (non-hydrogen) atoms. The van der Waals surface area contributed by atoms with Crippen molar-refractivity contribution in [3.8, 4) is 11.3 Å². The number of nitrogens with zero attached hydrogens (tertiary/aromatic N) is 2. The van der Waals surface area contributed by atoms with Gasteiger partial charge in [-0.3, -0.25) is 0 Å². The molecule has 0 radical (unpaired) electrons. The first-order valence-electron chi connectivity index (χ1n) is 8.26. The van der Waals surface area contributed by atoms with E-state index in [1.54, 1.807) is 12.1 Å². The lowest BCUT2D eigenvalue weighted by molar-refractivity contribution is 0.00753. The fourth-order valence-corrected chi connectivity index (χ4v) is 3.56. The van der Waals surface area contributed by atoms with Crippen molar-refractivity contribution in [1.82, 2.24) is 15.3 Å². The molecule has 126 valence electrons. The second kappa shape index (κ2) is 5.84. The van der Waals surface area contributed by atoms with Crippen LogP contribution in [0, 0.1) is 5.82 Å². The zero-order chi connectivity index (χ0) is 16.7. The summed E-state index contributed by atoms with van der Waals surface area (Å²) >= 11 is 0. The summed E-state index contributed by atoms with van der Waals surface area (Å²) in [6, 6.07) is 6.14. The molecule has 1 fully saturated rings. The van der Waals surface area contributed by atoms with Crippen molar-refractivity contribution in [1.29, 1.82) is 0 Å². The van der Waals surface area contributed by atoms with E-state index in [1.165, 1.54) is 12.1 Å². The van der Waals surface area contributed by atoms with Crippen molar-refractivity contribution in [3.63, 3.8) is 0 Å². The summed E-state index contributed by atoms with van der Waals surface area (Å²) in [7, 11) is 0. The molecule has 1 aromatic carbocycles. The molecule has 1 saturated carbocycles. The minimum absolute atomic E-state index is 0.106. The summed E-state index contributed by atoms with van der Waals surface area (Å²) in [5, 5.41) is 3.29. The highest BCUT2D eigenvalue weighted by Crippen LogP contribution is 2.43. The molecule has 1 aliphatic carbocycles. The minimum atomic E-state index is -2.62. The average molecular weight is 333 g/mol. The molecule has 2 aromatic rings. The van der Waals surface area contributed by atoms with Gasteiger partial charge in [0.05, 0.1) is 11.4 Å². The fourth-order valence-electron chi connectivity index (χ4n) is 3.56. The highest BCUT2D eigenvalue weighted by atomic mass is 19.3. The lowest BCUT2D eigenvalue weighted by Crippen LogP contribution is -2.26. The first-order chi connectivity index (χ1) is 11.5. The number of hydrogen-bond donors (Lipinski definition) is 1. The molecule has 6 heteroatoms. The second-order valence-corrected chi connectivity index (χ2v) is 6.59. The quantitative estimate of drug-likeness (QED) is 0.908. The fraction of sp³-hybridized carbons (Fsp3) is 0.444. The molecule has 4 rings (SSSR count). The van der Waals surface area contributed by atoms with Crippen LogP contribution in [0.5, 0.6) is 0 Å². The van der Waals surface area contributed by atoms with E-state index in [9.17, 15) is 13.2 Å². The third kappa shape index (κ3) is 2.90. The molecular weight excluding hydrogens is 315 g/mol. The largest absolute Gasteiger partial charge is 0.312 e. The third-order valence-corrected chi connectivity index (χ3v) is 4.84. The average Bonchev–Trinajstić information content (AvgIpc) is 2.95. The van der Waals surface area contributed by atoms with Crippen LogP contribution in [0.1, 0.15) is 42.3 Å². The van der Waals surface area contributed by atoms with Crippen LogP contribution in [0.3, 0.4) is 0 Å². The number of aromatic nitrogens is 2. The number of fused-ring (bicyclic) bond motifs is 1. The lowest BCUT2D eigenvalue weighted by atomic mass is 9.98. The van der Waals surface area contributed by atoms with Gasteiger partial charge < -0.3 is 5.32 Å². The highest BCUT2D eigenvalue weighted by molar-refractivity contribution is 5.64. The second-order valence-electron chi connectivity index (χ2n) is 6.59. The summed E-state index contributed by atoms with van der Waals surface area (Å²) in [5.74, 6) is -2.73. The molecule has 0 spiro atoms. The Morgan fingerprint density at radius 3 is 2.62 bits per heavy atom. The molecule has 0 bridgehead atoms. The van der Waals surface area contributed by atoms with E-state index in [1.807, 2.05) is 0 Å². The van der Waals surface area contributed by atoms with Crippen LogP contribution in [0.25, 0.3) is 11.3 Å². The highest BCUT2D eigenvalue weighted by Gasteiger charge is 2.41. The van der Waals surface area contributed by atoms with E-state index >= 15 is 0 Å². The maximum absolute atomic E-state index is 13.6. The van der Waals surface area contributed by atoms with Crippen molar-refractivity contribution in [3.05, 3.63) is 47.2 Å². The van der Waals surface area contributed by atoms with Gasteiger partial charge in [-0.1, -0.05) is 0 Å². The predicted octanol–water partition coefficient (Wildman–Crippen LogP) is 3.83. The number of alkyl halides is 2. The Bertz CT molecular complexity index is 759. The van der Waals surface area contributed by atoms with Gasteiger partial charge in [-0.15, -0.1) is 0 Å². The van der Waals surface area contributed by atoms with Crippen LogP contribution in [-0.2, 0) is 13.0 Å². The van der Waals surface area contributed by atoms with Gasteiger partial charge in [-0.2, -0.15) is 0 Å². The van der Waals surface area contributed by atoms with Gasteiger partial charge in [0.1, 0.15) is 11.6 Å². The van der Waals surface area contributed by atoms with E-state index in [-0.39, 0.29) is 24.6 Å². The Morgan fingerprint density at radius 2 is 1.92 bits per heavy atom. The van der Waals surface area contributed by atoms with Crippen molar-refractivity contribution in [2.24, 2.45) is 0 Å². The minimum Gasteiger partial charge on any atom is -0.312 e. The van der Waals surface area contributed by atoms with Crippen LogP contribution in [0.15, 0.2) is 24.3 Å². The summed E-state index contributed by atoms with van der Waals surface area (Å²) in [5.41, 5.74) is 3.44. The van der Waals surface area contributed by atoms with Crippen LogP contribution < -0.4 is 5.32 Å². The Morgan fingerprint density at radius 1 is 1.12 bits per heavy atom. The van der Waals surface area contributed by atoms with Gasteiger partial charge >= 0.3 is 0 Å². The summed E-state index contributed by atoms with van der Waals surface area (Å²) in [6.45, 7) is 1.45. The van der Waals surface area contributed by atoms with E-state index < -0.39 is 5.92 Å². The maximum Gasteiger partial charge on any atom is 0.248 e. The number of hydrogen-bond acceptors (Lipinski definition) is 3. The van der Waals surface area contributed by atoms with Gasteiger partial charge in [0.2, 0.25) is 5.92 Å². The maximum atomic E-state index is 13.6. The molecule has 0 saturated heterocycles. The molecule has 1 atom stereocenters. The number of rotatable bonds is 2. The first-order valence-corrected chi connectivity index (χ1v) is 8.26. The van der Waals surface area contributed by atoms with Crippen LogP contribution >= 0.6 is 0 Å². The van der Waals surface area contributed by atoms with Gasteiger partial charge in [-0.25, -0.2) is 23.1 Å². The predicted molar refractivity (Wildman–Crippen MR) is 84.4 cm³/mol. The Labute approximate surface area is 138 Å².